The van der Waals surface area contributed by atoms with Crippen LogP contribution in [0.5, 0.6) is 0 Å². The number of hydrogen-bond acceptors (Lipinski definition) is 12. The highest BCUT2D eigenvalue weighted by molar-refractivity contribution is 5.87. The van der Waals surface area contributed by atoms with Gasteiger partial charge in [-0.1, -0.05) is 39.8 Å². The van der Waals surface area contributed by atoms with E-state index in [-0.39, 0.29) is 47.8 Å². The maximum atomic E-state index is 13.9. The molecule has 0 radical (unpaired) electrons. The minimum atomic E-state index is -0.956. The Kier molecular flexibility index (Phi) is 13.3. The molecule has 0 bridgehead atoms. The molecule has 4 amide bonds. The first-order valence-electron chi connectivity index (χ1n) is 23.9. The molecule has 18 nitrogen and oxygen atoms in total. The van der Waals surface area contributed by atoms with Crippen molar-refractivity contribution in [3.05, 3.63) is 77.5 Å². The number of alkyl carbamates (subject to hydrolysis) is 1. The van der Waals surface area contributed by atoms with E-state index in [0.717, 1.165) is 102 Å². The zero-order valence-corrected chi connectivity index (χ0v) is 39.1. The average Bonchev–Trinajstić information content (AvgIpc) is 4.20. The maximum Gasteiger partial charge on any atom is 0.407 e. The van der Waals surface area contributed by atoms with Gasteiger partial charge in [0.1, 0.15) is 23.5 Å². The van der Waals surface area contributed by atoms with Crippen LogP contribution in [0.2, 0.25) is 0 Å². The summed E-state index contributed by atoms with van der Waals surface area (Å²) in [5.41, 5.74) is 12.1. The van der Waals surface area contributed by atoms with Crippen LogP contribution in [-0.4, -0.2) is 117 Å². The van der Waals surface area contributed by atoms with Crippen molar-refractivity contribution < 1.29 is 33.4 Å². The Morgan fingerprint density at radius 2 is 1.37 bits per heavy atom. The molecule has 3 aromatic heterocycles. The molecule has 0 aliphatic carbocycles. The third-order valence-electron chi connectivity index (χ3n) is 14.3. The molecular weight excluding hydrogens is 855 g/mol. The number of hydrogen-bond donors (Lipinski definition) is 4. The smallest absolute Gasteiger partial charge is 0.407 e. The molecule has 356 valence electrons. The average molecular weight is 918 g/mol. The number of carbonyl (C=O) groups excluding carboxylic acids is 4. The fourth-order valence-electron chi connectivity index (χ4n) is 10.6. The minimum Gasteiger partial charge on any atom is -0.453 e. The molecule has 1 unspecified atom stereocenters. The van der Waals surface area contributed by atoms with Crippen molar-refractivity contribution in [3.8, 4) is 0 Å². The number of aromatic nitrogens is 5. The Hall–Kier alpha value is -6.43. The number of rotatable bonds is 13. The van der Waals surface area contributed by atoms with Gasteiger partial charge in [0.15, 0.2) is 6.10 Å². The monoisotopic (exact) mass is 917 g/mol. The van der Waals surface area contributed by atoms with Crippen LogP contribution in [0.4, 0.5) is 21.1 Å². The second kappa shape index (κ2) is 19.4. The third kappa shape index (κ3) is 9.19. The molecule has 67 heavy (non-hydrogen) atoms. The number of amides is 4. The van der Waals surface area contributed by atoms with Crippen LogP contribution in [0.1, 0.15) is 120 Å². The van der Waals surface area contributed by atoms with Crippen LogP contribution in [0.25, 0.3) is 22.1 Å². The lowest BCUT2D eigenvalue weighted by Gasteiger charge is -2.34. The van der Waals surface area contributed by atoms with Crippen LogP contribution in [0, 0.1) is 11.8 Å². The van der Waals surface area contributed by atoms with Gasteiger partial charge in [-0.25, -0.2) is 24.5 Å². The highest BCUT2D eigenvalue weighted by Crippen LogP contribution is 2.48. The number of likely N-dealkylation sites (tertiary alicyclic amines) is 2. The predicted octanol–water partition coefficient (Wildman–Crippen LogP) is 6.97. The molecule has 2 aromatic carbocycles. The van der Waals surface area contributed by atoms with Gasteiger partial charge in [0.05, 0.1) is 78.4 Å². The van der Waals surface area contributed by atoms with Gasteiger partial charge in [-0.05, 0) is 98.4 Å². The van der Waals surface area contributed by atoms with Crippen molar-refractivity contribution in [1.29, 1.82) is 0 Å². The number of nitrogens with two attached hydrogens (primary N) is 1. The summed E-state index contributed by atoms with van der Waals surface area (Å²) < 4.78 is 15.8. The van der Waals surface area contributed by atoms with Gasteiger partial charge in [0.2, 0.25) is 5.91 Å². The number of fused-ring (bicyclic) bond motifs is 2. The number of ether oxygens (including phenoxy) is 3. The van der Waals surface area contributed by atoms with E-state index in [2.05, 4.69) is 73.6 Å². The Morgan fingerprint density at radius 1 is 0.791 bits per heavy atom. The number of imidazole rings is 2. The molecule has 4 aliphatic rings. The first kappa shape index (κ1) is 45.7. The Labute approximate surface area is 390 Å². The second-order valence-electron chi connectivity index (χ2n) is 18.8. The van der Waals surface area contributed by atoms with Gasteiger partial charge in [-0.15, -0.1) is 0 Å². The number of carbonyl (C=O) groups is 4. The van der Waals surface area contributed by atoms with E-state index in [1.54, 1.807) is 4.90 Å². The van der Waals surface area contributed by atoms with Gasteiger partial charge >= 0.3 is 12.2 Å². The van der Waals surface area contributed by atoms with E-state index >= 15 is 0 Å². The predicted molar refractivity (Wildman–Crippen MR) is 252 cm³/mol. The molecule has 7 atom stereocenters. The van der Waals surface area contributed by atoms with Crippen LogP contribution >= 0.6 is 0 Å². The Morgan fingerprint density at radius 3 is 1.88 bits per heavy atom. The van der Waals surface area contributed by atoms with E-state index in [0.29, 0.717) is 38.5 Å². The SMILES string of the molecule is CCC(C)[C@H](OC(N)=O)C(=O)N1CCC[C@H]1c1nc2ccc([C@H]3CC[C@H](c4ccc5nc([C@@H]6CCCN6C(=O)[C@@H](NC(=O)OC)C(C)C)[nH]c5c4)N3c3ccc(N4CCOCC4)nc3)cc2[nH]1. The normalized spacial score (nSPS) is 22.4. The summed E-state index contributed by atoms with van der Waals surface area (Å²) in [6, 6.07) is 15.8. The molecule has 7 heterocycles. The van der Waals surface area contributed by atoms with E-state index in [1.807, 2.05) is 38.8 Å². The quantitative estimate of drug-likeness (QED) is 0.0942. The van der Waals surface area contributed by atoms with Gasteiger partial charge < -0.3 is 54.8 Å². The number of nitrogens with one attached hydrogen (secondary N) is 3. The molecule has 4 fully saturated rings. The van der Waals surface area contributed by atoms with Gasteiger partial charge in [-0.3, -0.25) is 9.59 Å². The van der Waals surface area contributed by atoms with E-state index < -0.39 is 24.3 Å². The van der Waals surface area contributed by atoms with Crippen molar-refractivity contribution in [1.82, 2.24) is 40.0 Å². The number of H-pyrrole nitrogens is 2. The number of anilines is 2. The summed E-state index contributed by atoms with van der Waals surface area (Å²) in [6.07, 6.45) is 4.99. The number of morpholine rings is 1. The topological polar surface area (TPSA) is 217 Å². The molecule has 4 aliphatic heterocycles. The molecule has 4 saturated heterocycles. The van der Waals surface area contributed by atoms with Crippen molar-refractivity contribution in [2.45, 2.75) is 109 Å². The summed E-state index contributed by atoms with van der Waals surface area (Å²) in [5, 5.41) is 2.74. The number of nitrogens with zero attached hydrogens (tertiary/aromatic N) is 7. The van der Waals surface area contributed by atoms with Crippen molar-refractivity contribution >= 4 is 57.6 Å². The summed E-state index contributed by atoms with van der Waals surface area (Å²) in [7, 11) is 1.30. The fourth-order valence-corrected chi connectivity index (χ4v) is 10.6. The first-order chi connectivity index (χ1) is 32.4. The minimum absolute atomic E-state index is 0.00238. The van der Waals surface area contributed by atoms with Crippen molar-refractivity contribution in [2.75, 3.05) is 56.3 Å². The summed E-state index contributed by atoms with van der Waals surface area (Å²) in [6.45, 7) is 11.7. The van der Waals surface area contributed by atoms with Gasteiger partial charge in [0.25, 0.3) is 5.91 Å². The van der Waals surface area contributed by atoms with E-state index in [4.69, 9.17) is 34.9 Å². The van der Waals surface area contributed by atoms with Crippen LogP contribution in [-0.2, 0) is 23.8 Å². The Balaban J connectivity index is 1.01. The number of pyridine rings is 1. The van der Waals surface area contributed by atoms with Crippen LogP contribution < -0.4 is 20.9 Å². The molecule has 18 heteroatoms. The zero-order valence-electron chi connectivity index (χ0n) is 39.1. The summed E-state index contributed by atoms with van der Waals surface area (Å²) in [5.74, 6) is 1.65. The standard InChI is InChI=1S/C49H63N11O7/c1-6-29(4)43(67-48(50)63)47(62)59-20-8-10-40(59)45-53-34-15-12-31(26-36(34)55-45)38-17-16-37(60(38)32-13-18-41(51-27-32)57-21-23-66-24-22-57)30-11-14-33-35(25-30)54-44(52-33)39-9-7-19-58(39)46(61)42(28(2)3)56-49(64)65-5/h11-15,18,25-29,37-40,42-43H,6-10,16-17,19-24H2,1-5H3,(H2,50,63)(H,52,54)(H,53,55)(H,56,64)/t29?,37-,38-,39+,40+,42+,43+/m1/s1. The highest BCUT2D eigenvalue weighted by Gasteiger charge is 2.41. The molecule has 0 spiro atoms. The number of benzene rings is 2. The first-order valence-corrected chi connectivity index (χ1v) is 23.9. The summed E-state index contributed by atoms with van der Waals surface area (Å²) >= 11 is 0. The molecule has 0 saturated carbocycles. The molecule has 5 aromatic rings. The lowest BCUT2D eigenvalue weighted by atomic mass is 10.00. The summed E-state index contributed by atoms with van der Waals surface area (Å²) in [4.78, 5) is 82.4. The van der Waals surface area contributed by atoms with Crippen molar-refractivity contribution in [3.63, 3.8) is 0 Å². The van der Waals surface area contributed by atoms with E-state index in [1.165, 1.54) is 7.11 Å². The maximum absolute atomic E-state index is 13.9. The second-order valence-corrected chi connectivity index (χ2v) is 18.8. The molecule has 5 N–H and O–H groups in total. The highest BCUT2D eigenvalue weighted by atomic mass is 16.6. The van der Waals surface area contributed by atoms with Gasteiger partial charge in [0, 0.05) is 32.1 Å². The van der Waals surface area contributed by atoms with Gasteiger partial charge in [-0.2, -0.15) is 0 Å². The van der Waals surface area contributed by atoms with Crippen LogP contribution in [0.15, 0.2) is 54.7 Å². The zero-order chi connectivity index (χ0) is 46.9. The van der Waals surface area contributed by atoms with Crippen molar-refractivity contribution in [2.24, 2.45) is 17.6 Å². The molecular formula is C49H63N11O7. The van der Waals surface area contributed by atoms with Crippen LogP contribution in [0.3, 0.4) is 0 Å². The lowest BCUT2D eigenvalue weighted by molar-refractivity contribution is -0.144. The third-order valence-corrected chi connectivity index (χ3v) is 14.3. The lowest BCUT2D eigenvalue weighted by Crippen LogP contribution is -2.51. The fraction of sp³-hybridized carbons (Fsp3) is 0.531. The number of aromatic amines is 2. The van der Waals surface area contributed by atoms with E-state index in [9.17, 15) is 19.2 Å². The Bertz CT molecular complexity index is 2590. The molecule has 9 rings (SSSR count). The number of primary amides is 1. The number of methoxy groups -OCH3 is 1. The largest absolute Gasteiger partial charge is 0.453 e.